The highest BCUT2D eigenvalue weighted by Crippen LogP contribution is 2.38. The van der Waals surface area contributed by atoms with Gasteiger partial charge in [0.05, 0.1) is 5.56 Å². The van der Waals surface area contributed by atoms with E-state index in [1.165, 1.54) is 0 Å². The summed E-state index contributed by atoms with van der Waals surface area (Å²) in [7, 11) is 0. The van der Waals surface area contributed by atoms with Gasteiger partial charge >= 0.3 is 5.97 Å². The van der Waals surface area contributed by atoms with Crippen LogP contribution < -0.4 is 10.6 Å². The average molecular weight is 366 g/mol. The van der Waals surface area contributed by atoms with Gasteiger partial charge in [0.2, 0.25) is 5.91 Å². The van der Waals surface area contributed by atoms with Gasteiger partial charge in [-0.25, -0.2) is 4.79 Å². The molecule has 3 rings (SSSR count). The predicted octanol–water partition coefficient (Wildman–Crippen LogP) is 2.95. The third-order valence-electron chi connectivity index (χ3n) is 4.76. The lowest BCUT2D eigenvalue weighted by atomic mass is 10.1. The van der Waals surface area contributed by atoms with Crippen LogP contribution in [0.2, 0.25) is 0 Å². The lowest BCUT2D eigenvalue weighted by molar-refractivity contribution is -0.117. The third-order valence-corrected chi connectivity index (χ3v) is 4.76. The quantitative estimate of drug-likeness (QED) is 0.702. The molecule has 0 aliphatic heterocycles. The summed E-state index contributed by atoms with van der Waals surface area (Å²) < 4.78 is 0. The van der Waals surface area contributed by atoms with Crippen LogP contribution in [0.5, 0.6) is 0 Å². The van der Waals surface area contributed by atoms with Gasteiger partial charge in [-0.15, -0.1) is 0 Å². The first-order valence-electron chi connectivity index (χ1n) is 8.95. The molecule has 0 saturated heterocycles. The Balaban J connectivity index is 1.46. The Morgan fingerprint density at radius 2 is 1.59 bits per heavy atom. The van der Waals surface area contributed by atoms with Crippen molar-refractivity contribution in [2.45, 2.75) is 19.8 Å². The number of hydrogen-bond acceptors (Lipinski definition) is 3. The summed E-state index contributed by atoms with van der Waals surface area (Å²) in [4.78, 5) is 34.9. The minimum Gasteiger partial charge on any atom is -0.478 e. The number of carboxylic acids is 1. The molecule has 2 aromatic carbocycles. The summed E-state index contributed by atoms with van der Waals surface area (Å²) in [5.74, 6) is -0.548. The van der Waals surface area contributed by atoms with Gasteiger partial charge in [0.15, 0.2) is 0 Å². The minimum absolute atomic E-state index is 0.0358. The van der Waals surface area contributed by atoms with Gasteiger partial charge < -0.3 is 15.7 Å². The molecule has 0 radical (unpaired) electrons. The maximum atomic E-state index is 12.2. The number of aromatic carboxylic acids is 1. The molecule has 1 aliphatic carbocycles. The number of hydrogen-bond donors (Lipinski definition) is 3. The monoisotopic (exact) mass is 366 g/mol. The third kappa shape index (κ3) is 4.94. The van der Waals surface area contributed by atoms with Crippen molar-refractivity contribution in [2.75, 3.05) is 11.9 Å². The van der Waals surface area contributed by atoms with Crippen LogP contribution in [-0.4, -0.2) is 29.4 Å². The molecule has 2 unspecified atom stereocenters. The highest BCUT2D eigenvalue weighted by molar-refractivity contribution is 5.97. The first-order valence-corrected chi connectivity index (χ1v) is 8.95. The fraction of sp³-hybridized carbons (Fsp3) is 0.286. The van der Waals surface area contributed by atoms with Crippen molar-refractivity contribution in [3.05, 3.63) is 65.2 Å². The molecule has 2 atom stereocenters. The van der Waals surface area contributed by atoms with Gasteiger partial charge in [-0.05, 0) is 60.7 Å². The molecule has 3 N–H and O–H groups in total. The first kappa shape index (κ1) is 18.6. The zero-order valence-corrected chi connectivity index (χ0v) is 15.1. The van der Waals surface area contributed by atoms with Gasteiger partial charge in [-0.1, -0.05) is 19.1 Å². The molecule has 0 spiro atoms. The van der Waals surface area contributed by atoms with E-state index in [1.807, 2.05) is 0 Å². The Kier molecular flexibility index (Phi) is 5.54. The van der Waals surface area contributed by atoms with E-state index in [-0.39, 0.29) is 23.3 Å². The lowest BCUT2D eigenvalue weighted by Crippen LogP contribution is -2.25. The van der Waals surface area contributed by atoms with Crippen LogP contribution in [0.3, 0.4) is 0 Å². The second kappa shape index (κ2) is 8.03. The number of rotatable bonds is 7. The molecular weight excluding hydrogens is 344 g/mol. The van der Waals surface area contributed by atoms with Crippen molar-refractivity contribution in [3.8, 4) is 0 Å². The van der Waals surface area contributed by atoms with Gasteiger partial charge in [0, 0.05) is 23.7 Å². The molecule has 1 saturated carbocycles. The number of carboxylic acid groups (broad SMARTS) is 1. The Bertz CT molecular complexity index is 843. The minimum atomic E-state index is -0.957. The molecule has 0 heterocycles. The van der Waals surface area contributed by atoms with Crippen molar-refractivity contribution in [1.82, 2.24) is 5.32 Å². The number of carbonyl (C=O) groups is 3. The zero-order chi connectivity index (χ0) is 19.4. The zero-order valence-electron chi connectivity index (χ0n) is 15.1. The summed E-state index contributed by atoms with van der Waals surface area (Å²) >= 11 is 0. The van der Waals surface area contributed by atoms with E-state index in [9.17, 15) is 14.4 Å². The van der Waals surface area contributed by atoms with E-state index < -0.39 is 5.97 Å². The number of amides is 2. The predicted molar refractivity (Wildman–Crippen MR) is 102 cm³/mol. The summed E-state index contributed by atoms with van der Waals surface area (Å²) in [6, 6.07) is 13.4. The van der Waals surface area contributed by atoms with Crippen LogP contribution >= 0.6 is 0 Å². The number of benzene rings is 2. The Morgan fingerprint density at radius 3 is 2.15 bits per heavy atom. The number of nitrogens with one attached hydrogen (secondary N) is 2. The molecular formula is C21H22N2O4. The van der Waals surface area contributed by atoms with Gasteiger partial charge in [0.1, 0.15) is 0 Å². The lowest BCUT2D eigenvalue weighted by Gasteiger charge is -2.08. The van der Waals surface area contributed by atoms with E-state index in [2.05, 4.69) is 17.6 Å². The molecule has 0 bridgehead atoms. The molecule has 2 aromatic rings. The topological polar surface area (TPSA) is 95.5 Å². The average Bonchev–Trinajstić information content (AvgIpc) is 3.39. The Hall–Kier alpha value is -3.15. The fourth-order valence-electron chi connectivity index (χ4n) is 2.86. The first-order chi connectivity index (χ1) is 12.9. The van der Waals surface area contributed by atoms with Gasteiger partial charge in [0.25, 0.3) is 5.91 Å². The molecule has 6 nitrogen and oxygen atoms in total. The highest BCUT2D eigenvalue weighted by Gasteiger charge is 2.39. The molecule has 2 amide bonds. The summed E-state index contributed by atoms with van der Waals surface area (Å²) in [6.45, 7) is 2.50. The molecule has 1 fully saturated rings. The molecule has 1 aliphatic rings. The van der Waals surface area contributed by atoms with Crippen LogP contribution in [0.15, 0.2) is 48.5 Å². The largest absolute Gasteiger partial charge is 0.478 e. The summed E-state index contributed by atoms with van der Waals surface area (Å²) in [5.41, 5.74) is 2.40. The second-order valence-electron chi connectivity index (χ2n) is 6.89. The Morgan fingerprint density at radius 1 is 1.00 bits per heavy atom. The van der Waals surface area contributed by atoms with Crippen LogP contribution in [0.25, 0.3) is 0 Å². The maximum absolute atomic E-state index is 12.2. The second-order valence-corrected chi connectivity index (χ2v) is 6.89. The van der Waals surface area contributed by atoms with Crippen LogP contribution in [-0.2, 0) is 11.2 Å². The van der Waals surface area contributed by atoms with E-state index in [4.69, 9.17) is 5.11 Å². The van der Waals surface area contributed by atoms with Gasteiger partial charge in [-0.2, -0.15) is 0 Å². The van der Waals surface area contributed by atoms with Crippen molar-refractivity contribution < 1.29 is 19.5 Å². The van der Waals surface area contributed by atoms with Crippen LogP contribution in [0, 0.1) is 11.8 Å². The van der Waals surface area contributed by atoms with Crippen molar-refractivity contribution in [1.29, 1.82) is 0 Å². The van der Waals surface area contributed by atoms with Crippen molar-refractivity contribution >= 4 is 23.5 Å². The molecule has 27 heavy (non-hydrogen) atoms. The molecule has 6 heteroatoms. The van der Waals surface area contributed by atoms with Crippen LogP contribution in [0.4, 0.5) is 5.69 Å². The van der Waals surface area contributed by atoms with Crippen molar-refractivity contribution in [2.24, 2.45) is 11.8 Å². The van der Waals surface area contributed by atoms with Crippen molar-refractivity contribution in [3.63, 3.8) is 0 Å². The smallest absolute Gasteiger partial charge is 0.335 e. The summed E-state index contributed by atoms with van der Waals surface area (Å²) in [5, 5.41) is 14.6. The fourth-order valence-corrected chi connectivity index (χ4v) is 2.86. The molecule has 0 aromatic heterocycles. The van der Waals surface area contributed by atoms with E-state index >= 15 is 0 Å². The number of carbonyl (C=O) groups excluding carboxylic acids is 2. The molecule has 140 valence electrons. The maximum Gasteiger partial charge on any atom is 0.335 e. The van der Waals surface area contributed by atoms with E-state index in [0.717, 1.165) is 12.0 Å². The SMILES string of the molecule is CC1CC1C(=O)Nc1ccc(C(=O)NCCc2ccc(C(=O)O)cc2)cc1. The van der Waals surface area contributed by atoms with E-state index in [0.29, 0.717) is 30.1 Å². The highest BCUT2D eigenvalue weighted by atomic mass is 16.4. The van der Waals surface area contributed by atoms with E-state index in [1.54, 1.807) is 48.5 Å². The van der Waals surface area contributed by atoms with Crippen LogP contribution in [0.1, 0.15) is 39.6 Å². The standard InChI is InChI=1S/C21H22N2O4/c1-13-12-18(13)20(25)23-17-8-6-15(7-9-17)19(24)22-11-10-14-2-4-16(5-3-14)21(26)27/h2-9,13,18H,10-12H2,1H3,(H,22,24)(H,23,25)(H,26,27). The summed E-state index contributed by atoms with van der Waals surface area (Å²) in [6.07, 6.45) is 1.55. The Labute approximate surface area is 157 Å². The van der Waals surface area contributed by atoms with Gasteiger partial charge in [-0.3, -0.25) is 9.59 Å². The normalized spacial score (nSPS) is 17.8. The number of anilines is 1.